The molecule has 31 heavy (non-hydrogen) atoms. The van der Waals surface area contributed by atoms with Crippen LogP contribution in [-0.4, -0.2) is 80.4 Å². The molecule has 0 aliphatic carbocycles. The molecule has 1 aliphatic heterocycles. The summed E-state index contributed by atoms with van der Waals surface area (Å²) >= 11 is 1.53. The molecule has 5 unspecified atom stereocenters. The third kappa shape index (κ3) is 6.78. The number of carbonyl (C=O) groups excluding carboxylic acids is 2. The lowest BCUT2D eigenvalue weighted by molar-refractivity contribution is -0.143. The van der Waals surface area contributed by atoms with E-state index in [2.05, 4.69) is 15.3 Å². The van der Waals surface area contributed by atoms with Gasteiger partial charge in [0.15, 0.2) is 5.78 Å². The topological polar surface area (TPSA) is 141 Å². The maximum atomic E-state index is 13.3. The number of carbonyl (C=O) groups is 3. The Labute approximate surface area is 187 Å². The number of hydrogen-bond donors (Lipinski definition) is 4. The molecule has 1 aromatic heterocycles. The van der Waals surface area contributed by atoms with E-state index in [4.69, 9.17) is 5.73 Å². The van der Waals surface area contributed by atoms with Gasteiger partial charge in [0, 0.05) is 24.4 Å². The highest BCUT2D eigenvalue weighted by Crippen LogP contribution is 2.26. The van der Waals surface area contributed by atoms with E-state index in [0.717, 1.165) is 12.8 Å². The number of Topliss-reactive ketones (excluding diaryl/α,β-unsaturated/α-hetero) is 1. The molecule has 1 saturated heterocycles. The van der Waals surface area contributed by atoms with Gasteiger partial charge in [0.2, 0.25) is 5.91 Å². The number of nitrogens with two attached hydrogens (primary N) is 1. The number of hydrogen-bond acceptors (Lipinski definition) is 7. The fourth-order valence-corrected chi connectivity index (χ4v) is 4.51. The number of carboxylic acid groups (broad SMARTS) is 1. The third-order valence-corrected chi connectivity index (χ3v) is 6.74. The van der Waals surface area contributed by atoms with Gasteiger partial charge in [0.1, 0.15) is 6.04 Å². The standard InChI is InChI=1S/C21H35N5O4S/c1-4-13(2)18(22)19(17(27)10-14-11-23-12-24-14)26-8-5-6-16(26)20(28)25-15(21(29)30)7-9-31-3/h11-13,15-16,18-19H,4-10,22H2,1-3H3,(H,23,24)(H,25,28)(H,29,30). The van der Waals surface area contributed by atoms with E-state index in [-0.39, 0.29) is 24.0 Å². The number of thioether (sulfide) groups is 1. The molecule has 0 radical (unpaired) electrons. The van der Waals surface area contributed by atoms with Gasteiger partial charge in [0.05, 0.1) is 18.4 Å². The van der Waals surface area contributed by atoms with Gasteiger partial charge in [-0.05, 0) is 43.7 Å². The number of nitrogens with zero attached hydrogens (tertiary/aromatic N) is 2. The molecule has 0 saturated carbocycles. The van der Waals surface area contributed by atoms with Crippen LogP contribution in [0.3, 0.4) is 0 Å². The second-order valence-corrected chi connectivity index (χ2v) is 9.19. The summed E-state index contributed by atoms with van der Waals surface area (Å²) in [6.45, 7) is 4.61. The monoisotopic (exact) mass is 453 g/mol. The maximum absolute atomic E-state index is 13.3. The summed E-state index contributed by atoms with van der Waals surface area (Å²) in [6.07, 6.45) is 7.68. The minimum atomic E-state index is -1.05. The maximum Gasteiger partial charge on any atom is 0.326 e. The van der Waals surface area contributed by atoms with Crippen molar-refractivity contribution in [3.8, 4) is 0 Å². The van der Waals surface area contributed by atoms with Crippen molar-refractivity contribution >= 4 is 29.4 Å². The fraction of sp³-hybridized carbons (Fsp3) is 0.714. The SMILES string of the molecule is CCC(C)C(N)C(C(=O)Cc1cnc[nH]1)N1CCCC1C(=O)NC(CCSC)C(=O)O. The summed E-state index contributed by atoms with van der Waals surface area (Å²) in [5.74, 6) is -0.727. The first-order chi connectivity index (χ1) is 14.8. The van der Waals surface area contributed by atoms with Crippen LogP contribution in [0.4, 0.5) is 0 Å². The van der Waals surface area contributed by atoms with Gasteiger partial charge >= 0.3 is 5.97 Å². The highest BCUT2D eigenvalue weighted by Gasteiger charge is 2.42. The summed E-state index contributed by atoms with van der Waals surface area (Å²) in [4.78, 5) is 46.7. The van der Waals surface area contributed by atoms with Crippen LogP contribution in [0.1, 0.15) is 45.2 Å². The first-order valence-corrected chi connectivity index (χ1v) is 12.2. The zero-order valence-corrected chi connectivity index (χ0v) is 19.4. The van der Waals surface area contributed by atoms with Gasteiger partial charge in [-0.25, -0.2) is 9.78 Å². The molecule has 1 amide bonds. The number of aromatic amines is 1. The van der Waals surface area contributed by atoms with Gasteiger partial charge in [-0.3, -0.25) is 14.5 Å². The van der Waals surface area contributed by atoms with Crippen molar-refractivity contribution in [3.05, 3.63) is 18.2 Å². The summed E-state index contributed by atoms with van der Waals surface area (Å²) in [5.41, 5.74) is 7.25. The zero-order chi connectivity index (χ0) is 23.0. The van der Waals surface area contributed by atoms with Crippen LogP contribution in [0.5, 0.6) is 0 Å². The van der Waals surface area contributed by atoms with Crippen LogP contribution in [0, 0.1) is 5.92 Å². The Morgan fingerprint density at radius 3 is 2.77 bits per heavy atom. The smallest absolute Gasteiger partial charge is 0.326 e. The molecule has 1 aliphatic rings. The van der Waals surface area contributed by atoms with Crippen LogP contribution in [0.15, 0.2) is 12.5 Å². The Kier molecular flexibility index (Phi) is 9.98. The molecule has 2 rings (SSSR count). The van der Waals surface area contributed by atoms with Crippen LogP contribution >= 0.6 is 11.8 Å². The predicted molar refractivity (Wildman–Crippen MR) is 121 cm³/mol. The van der Waals surface area contributed by atoms with E-state index in [1.807, 2.05) is 25.0 Å². The summed E-state index contributed by atoms with van der Waals surface area (Å²) in [7, 11) is 0. The minimum Gasteiger partial charge on any atom is -0.480 e. The Morgan fingerprint density at radius 2 is 2.19 bits per heavy atom. The van der Waals surface area contributed by atoms with Gasteiger partial charge in [-0.1, -0.05) is 20.3 Å². The Bertz CT molecular complexity index is 729. The second-order valence-electron chi connectivity index (χ2n) is 8.20. The first-order valence-electron chi connectivity index (χ1n) is 10.8. The molecule has 2 heterocycles. The van der Waals surface area contributed by atoms with E-state index in [1.54, 1.807) is 6.20 Å². The zero-order valence-electron chi connectivity index (χ0n) is 18.5. The highest BCUT2D eigenvalue weighted by molar-refractivity contribution is 7.98. The Balaban J connectivity index is 2.21. The molecule has 1 aromatic rings. The van der Waals surface area contributed by atoms with E-state index < -0.39 is 30.1 Å². The summed E-state index contributed by atoms with van der Waals surface area (Å²) in [5, 5.41) is 12.2. The average molecular weight is 454 g/mol. The number of ketones is 1. The van der Waals surface area contributed by atoms with Gasteiger partial charge in [-0.2, -0.15) is 11.8 Å². The van der Waals surface area contributed by atoms with Crippen molar-refractivity contribution < 1.29 is 19.5 Å². The molecule has 5 atom stereocenters. The number of H-pyrrole nitrogens is 1. The summed E-state index contributed by atoms with van der Waals surface area (Å²) < 4.78 is 0. The number of likely N-dealkylation sites (tertiary alicyclic amines) is 1. The van der Waals surface area contributed by atoms with Gasteiger partial charge < -0.3 is 21.1 Å². The molecule has 1 fully saturated rings. The van der Waals surface area contributed by atoms with Crippen LogP contribution in [0.2, 0.25) is 0 Å². The van der Waals surface area contributed by atoms with Gasteiger partial charge in [0.25, 0.3) is 0 Å². The van der Waals surface area contributed by atoms with E-state index in [9.17, 15) is 19.5 Å². The largest absolute Gasteiger partial charge is 0.480 e. The molecule has 5 N–H and O–H groups in total. The minimum absolute atomic E-state index is 0.0612. The van der Waals surface area contributed by atoms with Crippen molar-refractivity contribution in [1.82, 2.24) is 20.2 Å². The third-order valence-electron chi connectivity index (χ3n) is 6.09. The molecule has 9 nitrogen and oxygen atoms in total. The van der Waals surface area contributed by atoms with E-state index >= 15 is 0 Å². The second kappa shape index (κ2) is 12.2. The molecule has 10 heteroatoms. The lowest BCUT2D eigenvalue weighted by atomic mass is 9.88. The molecular weight excluding hydrogens is 418 g/mol. The Hall–Kier alpha value is -1.91. The predicted octanol–water partition coefficient (Wildman–Crippen LogP) is 1.05. The molecular formula is C21H35N5O4S. The van der Waals surface area contributed by atoms with Crippen LogP contribution in [0.25, 0.3) is 0 Å². The Morgan fingerprint density at radius 1 is 1.45 bits per heavy atom. The van der Waals surface area contributed by atoms with E-state index in [0.29, 0.717) is 30.8 Å². The molecule has 174 valence electrons. The van der Waals surface area contributed by atoms with Crippen molar-refractivity contribution in [1.29, 1.82) is 0 Å². The first kappa shape index (κ1) is 25.4. The number of aromatic nitrogens is 2. The highest BCUT2D eigenvalue weighted by atomic mass is 32.2. The lowest BCUT2D eigenvalue weighted by Crippen LogP contribution is -2.60. The van der Waals surface area contributed by atoms with Crippen molar-refractivity contribution in [3.63, 3.8) is 0 Å². The lowest BCUT2D eigenvalue weighted by Gasteiger charge is -2.37. The number of carboxylic acids is 1. The molecule has 0 aromatic carbocycles. The summed E-state index contributed by atoms with van der Waals surface area (Å²) in [6, 6.07) is -2.56. The number of rotatable bonds is 13. The number of nitrogens with one attached hydrogen (secondary N) is 2. The number of amides is 1. The van der Waals surface area contributed by atoms with Crippen molar-refractivity contribution in [2.75, 3.05) is 18.6 Å². The number of aliphatic carboxylic acids is 1. The number of imidazole rings is 1. The molecule has 0 spiro atoms. The quantitative estimate of drug-likeness (QED) is 0.347. The normalized spacial score (nSPS) is 20.7. The average Bonchev–Trinajstić information content (AvgIpc) is 3.42. The van der Waals surface area contributed by atoms with Crippen molar-refractivity contribution in [2.45, 2.75) is 70.1 Å². The van der Waals surface area contributed by atoms with Crippen molar-refractivity contribution in [2.24, 2.45) is 11.7 Å². The molecule has 0 bridgehead atoms. The fourth-order valence-electron chi connectivity index (χ4n) is 4.04. The van der Waals surface area contributed by atoms with E-state index in [1.165, 1.54) is 18.1 Å². The van der Waals surface area contributed by atoms with Gasteiger partial charge in [-0.15, -0.1) is 0 Å². The van der Waals surface area contributed by atoms with Crippen LogP contribution < -0.4 is 11.1 Å². The van der Waals surface area contributed by atoms with Crippen LogP contribution in [-0.2, 0) is 20.8 Å².